The summed E-state index contributed by atoms with van der Waals surface area (Å²) in [5.74, 6) is 1.81. The lowest BCUT2D eigenvalue weighted by atomic mass is 10.0. The van der Waals surface area contributed by atoms with Crippen LogP contribution in [-0.4, -0.2) is 9.55 Å². The number of nitrogens with zero attached hydrogens (tertiary/aromatic N) is 2. The molecule has 0 aliphatic rings. The van der Waals surface area contributed by atoms with Crippen LogP contribution in [0.4, 0.5) is 0 Å². The number of aryl methyl sites for hydroxylation is 1. The summed E-state index contributed by atoms with van der Waals surface area (Å²) in [6, 6.07) is 16.9. The minimum absolute atomic E-state index is 0.422. The predicted molar refractivity (Wildman–Crippen MR) is 88.9 cm³/mol. The number of benzene rings is 2. The summed E-state index contributed by atoms with van der Waals surface area (Å²) < 4.78 is 2.26. The largest absolute Gasteiger partial charge is 0.326 e. The number of hydrogen-bond acceptors (Lipinski definition) is 1. The third kappa shape index (κ3) is 2.68. The molecule has 0 spiro atoms. The second kappa shape index (κ2) is 5.90. The highest BCUT2D eigenvalue weighted by molar-refractivity contribution is 6.16. The number of rotatable bonds is 4. The van der Waals surface area contributed by atoms with E-state index in [0.717, 1.165) is 17.9 Å². The Morgan fingerprint density at radius 3 is 2.57 bits per heavy atom. The van der Waals surface area contributed by atoms with E-state index in [-0.39, 0.29) is 0 Å². The Morgan fingerprint density at radius 1 is 1.10 bits per heavy atom. The zero-order valence-corrected chi connectivity index (χ0v) is 13.1. The first-order chi connectivity index (χ1) is 10.2. The Kier molecular flexibility index (Phi) is 3.98. The molecule has 3 rings (SSSR count). The van der Waals surface area contributed by atoms with Crippen molar-refractivity contribution in [2.75, 3.05) is 0 Å². The number of hydrogen-bond donors (Lipinski definition) is 0. The van der Waals surface area contributed by atoms with Crippen molar-refractivity contribution >= 4 is 22.6 Å². The van der Waals surface area contributed by atoms with Crippen LogP contribution >= 0.6 is 11.6 Å². The number of halogens is 1. The minimum Gasteiger partial charge on any atom is -0.326 e. The molecule has 2 aromatic carbocycles. The molecule has 3 heteroatoms. The van der Waals surface area contributed by atoms with Crippen molar-refractivity contribution in [2.45, 2.75) is 32.2 Å². The molecule has 108 valence electrons. The maximum atomic E-state index is 6.10. The van der Waals surface area contributed by atoms with Crippen LogP contribution in [0.5, 0.6) is 0 Å². The van der Waals surface area contributed by atoms with Gasteiger partial charge in [0, 0.05) is 6.54 Å². The average Bonchev–Trinajstić information content (AvgIpc) is 2.87. The topological polar surface area (TPSA) is 17.8 Å². The highest BCUT2D eigenvalue weighted by atomic mass is 35.5. The third-order valence-corrected chi connectivity index (χ3v) is 4.24. The van der Waals surface area contributed by atoms with Crippen molar-refractivity contribution in [3.8, 4) is 0 Å². The average molecular weight is 299 g/mol. The van der Waals surface area contributed by atoms with Crippen LogP contribution in [-0.2, 0) is 12.4 Å². The fourth-order valence-corrected chi connectivity index (χ4v) is 3.01. The smallest absolute Gasteiger partial charge is 0.124 e. The Morgan fingerprint density at radius 2 is 1.86 bits per heavy atom. The van der Waals surface area contributed by atoms with Crippen LogP contribution in [0.25, 0.3) is 11.0 Å². The monoisotopic (exact) mass is 298 g/mol. The molecule has 2 nitrogen and oxygen atoms in total. The first-order valence-corrected chi connectivity index (χ1v) is 7.79. The van der Waals surface area contributed by atoms with Gasteiger partial charge in [0.2, 0.25) is 0 Å². The number of alkyl halides is 1. The highest BCUT2D eigenvalue weighted by Gasteiger charge is 2.14. The van der Waals surface area contributed by atoms with Gasteiger partial charge in [-0.25, -0.2) is 4.98 Å². The number of aromatic nitrogens is 2. The molecule has 0 bridgehead atoms. The van der Waals surface area contributed by atoms with Gasteiger partial charge in [0.25, 0.3) is 0 Å². The van der Waals surface area contributed by atoms with Gasteiger partial charge in [-0.2, -0.15) is 0 Å². The molecular formula is C18H19ClN2. The molecule has 1 atom stereocenters. The summed E-state index contributed by atoms with van der Waals surface area (Å²) in [7, 11) is 0. The van der Waals surface area contributed by atoms with E-state index >= 15 is 0 Å². The molecular weight excluding hydrogens is 280 g/mol. The summed E-state index contributed by atoms with van der Waals surface area (Å²) in [5.41, 5.74) is 4.78. The van der Waals surface area contributed by atoms with Crippen LogP contribution < -0.4 is 0 Å². The fraction of sp³-hybridized carbons (Fsp3) is 0.278. The van der Waals surface area contributed by atoms with Gasteiger partial charge in [0.05, 0.1) is 16.9 Å². The van der Waals surface area contributed by atoms with E-state index in [0.29, 0.717) is 11.8 Å². The van der Waals surface area contributed by atoms with Gasteiger partial charge in [-0.05, 0) is 30.0 Å². The van der Waals surface area contributed by atoms with E-state index in [9.17, 15) is 0 Å². The van der Waals surface area contributed by atoms with Crippen molar-refractivity contribution in [2.24, 2.45) is 0 Å². The van der Waals surface area contributed by atoms with Crippen LogP contribution in [0.15, 0.2) is 48.5 Å². The molecule has 1 heterocycles. The third-order valence-electron chi connectivity index (χ3n) is 4.00. The molecule has 0 aliphatic heterocycles. The van der Waals surface area contributed by atoms with Crippen LogP contribution in [0.2, 0.25) is 0 Å². The number of para-hydroxylation sites is 1. The minimum atomic E-state index is 0.422. The van der Waals surface area contributed by atoms with E-state index in [1.807, 2.05) is 0 Å². The molecule has 1 aromatic heterocycles. The van der Waals surface area contributed by atoms with Crippen molar-refractivity contribution in [3.05, 3.63) is 65.5 Å². The van der Waals surface area contributed by atoms with Gasteiger partial charge in [-0.15, -0.1) is 11.6 Å². The summed E-state index contributed by atoms with van der Waals surface area (Å²) >= 11 is 6.10. The lowest BCUT2D eigenvalue weighted by molar-refractivity contribution is 0.595. The molecule has 0 amide bonds. The highest BCUT2D eigenvalue weighted by Crippen LogP contribution is 2.25. The SMILES string of the molecule is Cc1cccc2c1nc(CCl)n2CC(C)c1ccccc1. The lowest BCUT2D eigenvalue weighted by Gasteiger charge is -2.15. The van der Waals surface area contributed by atoms with Gasteiger partial charge in [0.15, 0.2) is 0 Å². The normalized spacial score (nSPS) is 12.7. The van der Waals surface area contributed by atoms with Crippen LogP contribution in [0, 0.1) is 6.92 Å². The van der Waals surface area contributed by atoms with Gasteiger partial charge in [-0.1, -0.05) is 49.4 Å². The second-order valence-electron chi connectivity index (χ2n) is 5.53. The van der Waals surface area contributed by atoms with Crippen LogP contribution in [0.3, 0.4) is 0 Å². The molecule has 21 heavy (non-hydrogen) atoms. The summed E-state index contributed by atoms with van der Waals surface area (Å²) in [6.45, 7) is 5.24. The van der Waals surface area contributed by atoms with Gasteiger partial charge >= 0.3 is 0 Å². The summed E-state index contributed by atoms with van der Waals surface area (Å²) in [5, 5.41) is 0. The van der Waals surface area contributed by atoms with Gasteiger partial charge < -0.3 is 4.57 Å². The predicted octanol–water partition coefficient (Wildman–Crippen LogP) is 4.89. The van der Waals surface area contributed by atoms with E-state index in [1.54, 1.807) is 0 Å². The Hall–Kier alpha value is -1.80. The van der Waals surface area contributed by atoms with Gasteiger partial charge in [-0.3, -0.25) is 0 Å². The van der Waals surface area contributed by atoms with Crippen LogP contribution in [0.1, 0.15) is 29.8 Å². The molecule has 1 unspecified atom stereocenters. The molecule has 0 aliphatic carbocycles. The van der Waals surface area contributed by atoms with Gasteiger partial charge in [0.1, 0.15) is 5.82 Å². The summed E-state index contributed by atoms with van der Waals surface area (Å²) in [6.07, 6.45) is 0. The lowest BCUT2D eigenvalue weighted by Crippen LogP contribution is -2.09. The maximum absolute atomic E-state index is 6.10. The molecule has 0 fully saturated rings. The number of fused-ring (bicyclic) bond motifs is 1. The molecule has 0 N–H and O–H groups in total. The van der Waals surface area contributed by atoms with Crippen molar-refractivity contribution in [3.63, 3.8) is 0 Å². The molecule has 0 saturated heterocycles. The quantitative estimate of drug-likeness (QED) is 0.627. The first-order valence-electron chi connectivity index (χ1n) is 7.26. The Bertz CT molecular complexity index is 747. The van der Waals surface area contributed by atoms with E-state index in [1.165, 1.54) is 16.6 Å². The van der Waals surface area contributed by atoms with E-state index < -0.39 is 0 Å². The second-order valence-corrected chi connectivity index (χ2v) is 5.79. The van der Waals surface area contributed by atoms with Crippen molar-refractivity contribution in [1.82, 2.24) is 9.55 Å². The molecule has 0 radical (unpaired) electrons. The van der Waals surface area contributed by atoms with Crippen molar-refractivity contribution in [1.29, 1.82) is 0 Å². The molecule has 0 saturated carbocycles. The Balaban J connectivity index is 2.02. The van der Waals surface area contributed by atoms with E-state index in [4.69, 9.17) is 16.6 Å². The maximum Gasteiger partial charge on any atom is 0.124 e. The first kappa shape index (κ1) is 14.2. The van der Waals surface area contributed by atoms with Crippen molar-refractivity contribution < 1.29 is 0 Å². The standard InChI is InChI=1S/C18H19ClN2/c1-13-7-6-10-16-18(13)20-17(11-19)21(16)12-14(2)15-8-4-3-5-9-15/h3-10,14H,11-12H2,1-2H3. The zero-order chi connectivity index (χ0) is 14.8. The Labute approximate surface area is 130 Å². The number of imidazole rings is 1. The summed E-state index contributed by atoms with van der Waals surface area (Å²) in [4.78, 5) is 4.71. The zero-order valence-electron chi connectivity index (χ0n) is 12.4. The fourth-order valence-electron chi connectivity index (χ4n) is 2.80. The van der Waals surface area contributed by atoms with E-state index in [2.05, 4.69) is 66.9 Å². The molecule has 3 aromatic rings.